The third-order valence-electron chi connectivity index (χ3n) is 6.73. The molecule has 0 radical (unpaired) electrons. The molecule has 4 rings (SSSR count). The highest BCUT2D eigenvalue weighted by Gasteiger charge is 2.30. The van der Waals surface area contributed by atoms with Gasteiger partial charge in [-0.3, -0.25) is 14.4 Å². The van der Waals surface area contributed by atoms with Gasteiger partial charge in [-0.2, -0.15) is 0 Å². The van der Waals surface area contributed by atoms with Crippen LogP contribution in [-0.4, -0.2) is 53.9 Å². The highest BCUT2D eigenvalue weighted by molar-refractivity contribution is 6.08. The van der Waals surface area contributed by atoms with Crippen molar-refractivity contribution < 1.29 is 23.1 Å². The van der Waals surface area contributed by atoms with Crippen LogP contribution in [0.25, 0.3) is 17.0 Å². The van der Waals surface area contributed by atoms with Crippen LogP contribution in [0.3, 0.4) is 0 Å². The number of amides is 1. The summed E-state index contributed by atoms with van der Waals surface area (Å²) in [5, 5.41) is -0.195. The molecular weight excluding hydrogens is 480 g/mol. The number of fused-ring (bicyclic) bond motifs is 1. The molecule has 1 saturated heterocycles. The minimum absolute atomic E-state index is 0.0544. The standard InChI is InChI=1S/C28H29F2N3O4/c1-5-31-16-22(24(35)11-8-19-6-9-20(37-4)10-7-19)28(36)21-14-23(29)27(25(30)26(21)31)32-12-13-33(18(3)34)17(2)15-32/h6-11,14,16-17H,5,12-13,15H2,1-4H3. The predicted molar refractivity (Wildman–Crippen MR) is 139 cm³/mol. The number of methoxy groups -OCH3 is 1. The summed E-state index contributed by atoms with van der Waals surface area (Å²) in [6.45, 7) is 6.14. The van der Waals surface area contributed by atoms with Crippen molar-refractivity contribution in [2.24, 2.45) is 0 Å². The first kappa shape index (κ1) is 26.1. The second-order valence-corrected chi connectivity index (χ2v) is 9.05. The van der Waals surface area contributed by atoms with E-state index >= 15 is 8.78 Å². The number of benzene rings is 2. The highest BCUT2D eigenvalue weighted by atomic mass is 19.1. The zero-order valence-electron chi connectivity index (χ0n) is 21.3. The molecule has 2 aromatic carbocycles. The molecule has 1 aliphatic heterocycles. The Hall–Kier alpha value is -4.01. The van der Waals surface area contributed by atoms with Crippen LogP contribution in [0, 0.1) is 11.6 Å². The zero-order chi connectivity index (χ0) is 26.9. The molecule has 1 atom stereocenters. The molecule has 37 heavy (non-hydrogen) atoms. The number of hydrogen-bond donors (Lipinski definition) is 0. The molecule has 0 bridgehead atoms. The molecule has 1 amide bonds. The number of ether oxygens (including phenoxy) is 1. The van der Waals surface area contributed by atoms with Crippen LogP contribution in [0.4, 0.5) is 14.5 Å². The summed E-state index contributed by atoms with van der Waals surface area (Å²) in [5.74, 6) is -1.73. The molecule has 0 saturated carbocycles. The Balaban J connectivity index is 1.73. The van der Waals surface area contributed by atoms with Crippen LogP contribution < -0.4 is 15.1 Å². The van der Waals surface area contributed by atoms with Gasteiger partial charge in [0.15, 0.2) is 11.6 Å². The molecule has 1 fully saturated rings. The lowest BCUT2D eigenvalue weighted by Crippen LogP contribution is -2.54. The minimum Gasteiger partial charge on any atom is -0.497 e. The van der Waals surface area contributed by atoms with E-state index in [2.05, 4.69) is 0 Å². The SMILES string of the molecule is CCn1cc(C(=O)C=Cc2ccc(OC)cc2)c(=O)c2cc(F)c(N3CCN(C(C)=O)C(C)C3)c(F)c21. The number of piperazine rings is 1. The average molecular weight is 510 g/mol. The molecule has 7 nitrogen and oxygen atoms in total. The van der Waals surface area contributed by atoms with Crippen molar-refractivity contribution >= 4 is 34.4 Å². The van der Waals surface area contributed by atoms with Crippen LogP contribution in [0.15, 0.2) is 47.4 Å². The monoisotopic (exact) mass is 509 g/mol. The summed E-state index contributed by atoms with van der Waals surface area (Å²) >= 11 is 0. The molecule has 0 aliphatic carbocycles. The van der Waals surface area contributed by atoms with E-state index in [1.807, 2.05) is 6.92 Å². The first-order chi connectivity index (χ1) is 17.7. The second-order valence-electron chi connectivity index (χ2n) is 9.05. The number of carbonyl (C=O) groups is 2. The van der Waals surface area contributed by atoms with E-state index in [4.69, 9.17) is 4.74 Å². The third-order valence-corrected chi connectivity index (χ3v) is 6.73. The molecule has 0 spiro atoms. The number of aromatic nitrogens is 1. The molecule has 3 aromatic rings. The number of nitrogens with zero attached hydrogens (tertiary/aromatic N) is 3. The Kier molecular flexibility index (Phi) is 7.42. The third kappa shape index (κ3) is 4.98. The quantitative estimate of drug-likeness (QED) is 0.367. The minimum atomic E-state index is -0.883. The van der Waals surface area contributed by atoms with Crippen molar-refractivity contribution in [3.63, 3.8) is 0 Å². The largest absolute Gasteiger partial charge is 0.497 e. The fourth-order valence-electron chi connectivity index (χ4n) is 4.80. The summed E-state index contributed by atoms with van der Waals surface area (Å²) in [6.07, 6.45) is 4.15. The van der Waals surface area contributed by atoms with Crippen molar-refractivity contribution in [1.82, 2.24) is 9.47 Å². The normalized spacial score (nSPS) is 16.0. The Bertz CT molecular complexity index is 1450. The summed E-state index contributed by atoms with van der Waals surface area (Å²) in [5.41, 5.74) is -0.465. The molecular formula is C28H29F2N3O4. The first-order valence-corrected chi connectivity index (χ1v) is 12.1. The van der Waals surface area contributed by atoms with E-state index in [1.54, 1.807) is 54.2 Å². The van der Waals surface area contributed by atoms with Gasteiger partial charge in [-0.1, -0.05) is 18.2 Å². The summed E-state index contributed by atoms with van der Waals surface area (Å²) < 4.78 is 37.7. The van der Waals surface area contributed by atoms with E-state index in [0.29, 0.717) is 12.3 Å². The van der Waals surface area contributed by atoms with Crippen molar-refractivity contribution in [1.29, 1.82) is 0 Å². The fourth-order valence-corrected chi connectivity index (χ4v) is 4.80. The Morgan fingerprint density at radius 1 is 1.16 bits per heavy atom. The zero-order valence-corrected chi connectivity index (χ0v) is 21.3. The molecule has 1 aromatic heterocycles. The Labute approximate surface area is 213 Å². The van der Waals surface area contributed by atoms with Crippen molar-refractivity contribution in [3.8, 4) is 5.75 Å². The molecule has 1 unspecified atom stereocenters. The van der Waals surface area contributed by atoms with Crippen molar-refractivity contribution in [3.05, 3.63) is 75.6 Å². The summed E-state index contributed by atoms with van der Waals surface area (Å²) in [6, 6.07) is 7.79. The Morgan fingerprint density at radius 3 is 2.46 bits per heavy atom. The number of ketones is 1. The van der Waals surface area contributed by atoms with E-state index in [1.165, 1.54) is 23.8 Å². The number of aryl methyl sites for hydroxylation is 1. The number of halogens is 2. The van der Waals surface area contributed by atoms with E-state index in [0.717, 1.165) is 11.6 Å². The van der Waals surface area contributed by atoms with Crippen molar-refractivity contribution in [2.45, 2.75) is 33.4 Å². The van der Waals surface area contributed by atoms with Crippen LogP contribution >= 0.6 is 0 Å². The molecule has 0 N–H and O–H groups in total. The Morgan fingerprint density at radius 2 is 1.86 bits per heavy atom. The number of rotatable bonds is 6. The number of hydrogen-bond acceptors (Lipinski definition) is 5. The van der Waals surface area contributed by atoms with Gasteiger partial charge >= 0.3 is 0 Å². The van der Waals surface area contributed by atoms with Crippen LogP contribution in [0.2, 0.25) is 0 Å². The smallest absolute Gasteiger partial charge is 0.219 e. The van der Waals surface area contributed by atoms with E-state index in [-0.39, 0.29) is 53.7 Å². The van der Waals surface area contributed by atoms with Gasteiger partial charge in [0.05, 0.1) is 23.6 Å². The van der Waals surface area contributed by atoms with Crippen LogP contribution in [-0.2, 0) is 11.3 Å². The average Bonchev–Trinajstić information content (AvgIpc) is 2.88. The summed E-state index contributed by atoms with van der Waals surface area (Å²) in [7, 11) is 1.55. The van der Waals surface area contributed by atoms with Gasteiger partial charge in [0.1, 0.15) is 17.3 Å². The number of carbonyl (C=O) groups excluding carboxylic acids is 2. The van der Waals surface area contributed by atoms with Gasteiger partial charge in [-0.05, 0) is 43.7 Å². The fraction of sp³-hybridized carbons (Fsp3) is 0.321. The predicted octanol–water partition coefficient (Wildman–Crippen LogP) is 4.26. The van der Waals surface area contributed by atoms with Crippen molar-refractivity contribution in [2.75, 3.05) is 31.6 Å². The maximum Gasteiger partial charge on any atom is 0.219 e. The first-order valence-electron chi connectivity index (χ1n) is 12.1. The van der Waals surface area contributed by atoms with Gasteiger partial charge in [0.25, 0.3) is 0 Å². The topological polar surface area (TPSA) is 71.8 Å². The van der Waals surface area contributed by atoms with Gasteiger partial charge < -0.3 is 19.1 Å². The number of allylic oxidation sites excluding steroid dienone is 1. The van der Waals surface area contributed by atoms with E-state index in [9.17, 15) is 14.4 Å². The lowest BCUT2D eigenvalue weighted by Gasteiger charge is -2.40. The maximum absolute atomic E-state index is 15.9. The molecule has 9 heteroatoms. The number of pyridine rings is 1. The lowest BCUT2D eigenvalue weighted by atomic mass is 10.0. The molecule has 1 aliphatic rings. The summed E-state index contributed by atoms with van der Waals surface area (Å²) in [4.78, 5) is 41.2. The lowest BCUT2D eigenvalue weighted by molar-refractivity contribution is -0.131. The van der Waals surface area contributed by atoms with Gasteiger partial charge in [-0.25, -0.2) is 8.78 Å². The van der Waals surface area contributed by atoms with Gasteiger partial charge in [-0.15, -0.1) is 0 Å². The van der Waals surface area contributed by atoms with E-state index < -0.39 is 22.8 Å². The molecule has 2 heterocycles. The molecule has 194 valence electrons. The van der Waals surface area contributed by atoms with Crippen LogP contribution in [0.5, 0.6) is 5.75 Å². The van der Waals surface area contributed by atoms with Crippen LogP contribution in [0.1, 0.15) is 36.7 Å². The van der Waals surface area contributed by atoms with Gasteiger partial charge in [0.2, 0.25) is 11.3 Å². The second kappa shape index (κ2) is 10.5. The van der Waals surface area contributed by atoms with Gasteiger partial charge in [0, 0.05) is 45.3 Å². The number of anilines is 1. The maximum atomic E-state index is 15.9. The highest BCUT2D eigenvalue weighted by Crippen LogP contribution is 2.31.